The number of hydrogen-bond acceptors (Lipinski definition) is 5. The molecule has 108 valence electrons. The van der Waals surface area contributed by atoms with Crippen molar-refractivity contribution in [2.24, 2.45) is 5.73 Å². The molecule has 2 atom stereocenters. The smallest absolute Gasteiger partial charge is 0.231 e. The van der Waals surface area contributed by atoms with E-state index in [0.717, 1.165) is 29.3 Å². The lowest BCUT2D eigenvalue weighted by Gasteiger charge is -2.16. The summed E-state index contributed by atoms with van der Waals surface area (Å²) < 4.78 is 5.35. The van der Waals surface area contributed by atoms with Crippen LogP contribution in [-0.2, 0) is 5.75 Å². The fourth-order valence-electron chi connectivity index (χ4n) is 1.94. The molecule has 2 N–H and O–H groups in total. The number of thioether (sulfide) groups is 1. The molecule has 0 saturated carbocycles. The summed E-state index contributed by atoms with van der Waals surface area (Å²) in [5, 5.41) is 4.02. The van der Waals surface area contributed by atoms with Gasteiger partial charge >= 0.3 is 0 Å². The highest BCUT2D eigenvalue weighted by Gasteiger charge is 2.22. The lowest BCUT2D eigenvalue weighted by molar-refractivity contribution is 0.341. The Kier molecular flexibility index (Phi) is 5.61. The van der Waals surface area contributed by atoms with Crippen molar-refractivity contribution in [3.05, 3.63) is 47.6 Å². The minimum absolute atomic E-state index is 0.00910. The summed E-state index contributed by atoms with van der Waals surface area (Å²) in [5.41, 5.74) is 7.35. The van der Waals surface area contributed by atoms with Gasteiger partial charge in [-0.05, 0) is 17.7 Å². The minimum atomic E-state index is -0.132. The fraction of sp³-hybridized carbons (Fsp3) is 0.467. The van der Waals surface area contributed by atoms with E-state index in [2.05, 4.69) is 17.1 Å². The van der Waals surface area contributed by atoms with Gasteiger partial charge < -0.3 is 10.3 Å². The molecule has 1 heterocycles. The molecule has 0 aliphatic carbocycles. The van der Waals surface area contributed by atoms with Crippen molar-refractivity contribution in [1.29, 1.82) is 0 Å². The van der Waals surface area contributed by atoms with E-state index in [1.807, 2.05) is 49.0 Å². The second-order valence-corrected chi connectivity index (χ2v) is 5.93. The average molecular weight is 291 g/mol. The van der Waals surface area contributed by atoms with Crippen molar-refractivity contribution >= 4 is 11.8 Å². The molecular formula is C15H21N3OS. The largest absolute Gasteiger partial charge is 0.339 e. The SMILES string of the molecule is CCCSCc1noc(C(C)C(N)c2ccccc2)n1. The summed E-state index contributed by atoms with van der Waals surface area (Å²) in [7, 11) is 0. The van der Waals surface area contributed by atoms with Crippen LogP contribution in [0.3, 0.4) is 0 Å². The van der Waals surface area contributed by atoms with Crippen LogP contribution in [0.4, 0.5) is 0 Å². The van der Waals surface area contributed by atoms with Gasteiger partial charge in [0.1, 0.15) is 0 Å². The Balaban J connectivity index is 2.00. The third kappa shape index (κ3) is 3.84. The van der Waals surface area contributed by atoms with E-state index >= 15 is 0 Å². The van der Waals surface area contributed by atoms with E-state index < -0.39 is 0 Å². The average Bonchev–Trinajstić information content (AvgIpc) is 2.96. The molecule has 0 fully saturated rings. The summed E-state index contributed by atoms with van der Waals surface area (Å²) in [6.07, 6.45) is 1.16. The monoisotopic (exact) mass is 291 g/mol. The van der Waals surface area contributed by atoms with E-state index in [1.54, 1.807) is 0 Å². The standard InChI is InChI=1S/C15H21N3OS/c1-3-9-20-10-13-17-15(19-18-13)11(2)14(16)12-7-5-4-6-8-12/h4-8,11,14H,3,9-10,16H2,1-2H3. The summed E-state index contributed by atoms with van der Waals surface area (Å²) in [4.78, 5) is 4.45. The highest BCUT2D eigenvalue weighted by Crippen LogP contribution is 2.27. The van der Waals surface area contributed by atoms with Gasteiger partial charge in [0.2, 0.25) is 5.89 Å². The first-order valence-electron chi connectivity index (χ1n) is 6.93. The molecule has 20 heavy (non-hydrogen) atoms. The lowest BCUT2D eigenvalue weighted by Crippen LogP contribution is -2.17. The predicted octanol–water partition coefficient (Wildman–Crippen LogP) is 3.52. The first-order chi connectivity index (χ1) is 9.72. The fourth-order valence-corrected chi connectivity index (χ4v) is 2.67. The molecule has 0 aliphatic rings. The van der Waals surface area contributed by atoms with E-state index in [4.69, 9.17) is 10.3 Å². The molecule has 0 aliphatic heterocycles. The van der Waals surface area contributed by atoms with Gasteiger partial charge in [0.25, 0.3) is 0 Å². The van der Waals surface area contributed by atoms with Crippen molar-refractivity contribution in [2.75, 3.05) is 5.75 Å². The van der Waals surface area contributed by atoms with Gasteiger partial charge in [0.05, 0.1) is 11.7 Å². The number of hydrogen-bond donors (Lipinski definition) is 1. The highest BCUT2D eigenvalue weighted by atomic mass is 32.2. The molecule has 0 amide bonds. The van der Waals surface area contributed by atoms with Crippen LogP contribution in [0.5, 0.6) is 0 Å². The van der Waals surface area contributed by atoms with E-state index in [1.165, 1.54) is 0 Å². The Morgan fingerprint density at radius 2 is 2.05 bits per heavy atom. The molecule has 2 rings (SSSR count). The number of benzene rings is 1. The Morgan fingerprint density at radius 3 is 2.75 bits per heavy atom. The normalized spacial score (nSPS) is 14.2. The highest BCUT2D eigenvalue weighted by molar-refractivity contribution is 7.98. The van der Waals surface area contributed by atoms with Gasteiger partial charge in [-0.25, -0.2) is 0 Å². The van der Waals surface area contributed by atoms with Crippen molar-refractivity contribution in [3.8, 4) is 0 Å². The van der Waals surface area contributed by atoms with Gasteiger partial charge in [-0.3, -0.25) is 0 Å². The second-order valence-electron chi connectivity index (χ2n) is 4.83. The Hall–Kier alpha value is -1.33. The molecule has 0 spiro atoms. The third-order valence-corrected chi connectivity index (χ3v) is 4.34. The molecule has 4 nitrogen and oxygen atoms in total. The maximum Gasteiger partial charge on any atom is 0.231 e. The second kappa shape index (κ2) is 7.45. The van der Waals surface area contributed by atoms with Gasteiger partial charge in [-0.2, -0.15) is 16.7 Å². The number of aromatic nitrogens is 2. The summed E-state index contributed by atoms with van der Waals surface area (Å²) in [6.45, 7) is 4.18. The molecule has 0 radical (unpaired) electrons. The van der Waals surface area contributed by atoms with Crippen molar-refractivity contribution < 1.29 is 4.52 Å². The molecule has 1 aromatic heterocycles. The Bertz CT molecular complexity index is 515. The van der Waals surface area contributed by atoms with Crippen molar-refractivity contribution in [2.45, 2.75) is 38.0 Å². The van der Waals surface area contributed by atoms with Crippen molar-refractivity contribution in [1.82, 2.24) is 10.1 Å². The maximum atomic E-state index is 6.27. The summed E-state index contributed by atoms with van der Waals surface area (Å²) >= 11 is 1.82. The van der Waals surface area contributed by atoms with Gasteiger partial charge in [-0.1, -0.05) is 49.3 Å². The van der Waals surface area contributed by atoms with Crippen molar-refractivity contribution in [3.63, 3.8) is 0 Å². The Labute approximate surface area is 124 Å². The van der Waals surface area contributed by atoms with Crippen LogP contribution in [0.25, 0.3) is 0 Å². The maximum absolute atomic E-state index is 6.27. The summed E-state index contributed by atoms with van der Waals surface area (Å²) in [5.74, 6) is 3.29. The van der Waals surface area contributed by atoms with Crippen LogP contribution in [0.2, 0.25) is 0 Å². The van der Waals surface area contributed by atoms with E-state index in [-0.39, 0.29) is 12.0 Å². The van der Waals surface area contributed by atoms with Gasteiger partial charge in [-0.15, -0.1) is 0 Å². The Morgan fingerprint density at radius 1 is 1.30 bits per heavy atom. The quantitative estimate of drug-likeness (QED) is 0.791. The zero-order valence-electron chi connectivity index (χ0n) is 12.0. The number of nitrogens with zero attached hydrogens (tertiary/aromatic N) is 2. The molecule has 2 unspecified atom stereocenters. The lowest BCUT2D eigenvalue weighted by atomic mass is 9.95. The molecule has 5 heteroatoms. The first-order valence-corrected chi connectivity index (χ1v) is 8.08. The van der Waals surface area contributed by atoms with E-state index in [9.17, 15) is 0 Å². The molecule has 1 aromatic carbocycles. The van der Waals surface area contributed by atoms with Gasteiger partial charge in [0.15, 0.2) is 5.82 Å². The molecule has 2 aromatic rings. The van der Waals surface area contributed by atoms with Gasteiger partial charge in [0, 0.05) is 6.04 Å². The van der Waals surface area contributed by atoms with Crippen LogP contribution >= 0.6 is 11.8 Å². The van der Waals surface area contributed by atoms with Crippen LogP contribution in [0, 0.1) is 0 Å². The molecule has 0 bridgehead atoms. The predicted molar refractivity (Wildman–Crippen MR) is 82.5 cm³/mol. The zero-order chi connectivity index (χ0) is 14.4. The topological polar surface area (TPSA) is 64.9 Å². The zero-order valence-corrected chi connectivity index (χ0v) is 12.8. The third-order valence-electron chi connectivity index (χ3n) is 3.18. The number of rotatable bonds is 7. The molecule has 0 saturated heterocycles. The van der Waals surface area contributed by atoms with Crippen LogP contribution in [0.15, 0.2) is 34.9 Å². The minimum Gasteiger partial charge on any atom is -0.339 e. The molecular weight excluding hydrogens is 270 g/mol. The van der Waals surface area contributed by atoms with Crippen LogP contribution in [-0.4, -0.2) is 15.9 Å². The van der Waals surface area contributed by atoms with Crippen LogP contribution < -0.4 is 5.73 Å². The summed E-state index contributed by atoms with van der Waals surface area (Å²) in [6, 6.07) is 9.88. The first kappa shape index (κ1) is 15.1. The number of nitrogens with two attached hydrogens (primary N) is 1. The van der Waals surface area contributed by atoms with E-state index in [0.29, 0.717) is 5.89 Å². The van der Waals surface area contributed by atoms with Crippen LogP contribution in [0.1, 0.15) is 49.5 Å².